The first kappa shape index (κ1) is 31.8. The Hall–Kier alpha value is -3.19. The molecule has 6 rings (SSSR count). The summed E-state index contributed by atoms with van der Waals surface area (Å²) in [5, 5.41) is -3.69. The van der Waals surface area contributed by atoms with Crippen LogP contribution in [0.3, 0.4) is 0 Å². The molecular weight excluding hydrogens is 673 g/mol. The van der Waals surface area contributed by atoms with Crippen LogP contribution >= 0.6 is 46.6 Å². The van der Waals surface area contributed by atoms with E-state index in [4.69, 9.17) is 44.3 Å². The van der Waals surface area contributed by atoms with E-state index in [1.54, 1.807) is 11.0 Å². The molecule has 3 amide bonds. The Labute approximate surface area is 276 Å². The SMILES string of the molecule is COc1cc2c(cc1N1CCCN(C3CC3)C1=O)CN(C(=O)c1c(Sc3c(Cl)ccc(OC)c3Cl)cc(C(F)(F)Cl)[nH]c1=O)C2. The van der Waals surface area contributed by atoms with Crippen molar-refractivity contribution in [3.05, 3.63) is 73.1 Å². The fraction of sp³-hybridized carbons (Fsp3) is 0.367. The predicted molar refractivity (Wildman–Crippen MR) is 168 cm³/mol. The van der Waals surface area contributed by atoms with Crippen LogP contribution in [-0.4, -0.2) is 60.1 Å². The fourth-order valence-electron chi connectivity index (χ4n) is 5.63. The summed E-state index contributed by atoms with van der Waals surface area (Å²) in [4.78, 5) is 47.8. The van der Waals surface area contributed by atoms with E-state index < -0.39 is 22.5 Å². The van der Waals surface area contributed by atoms with Gasteiger partial charge in [0.25, 0.3) is 11.5 Å². The van der Waals surface area contributed by atoms with Crippen molar-refractivity contribution >= 4 is 64.2 Å². The van der Waals surface area contributed by atoms with E-state index in [-0.39, 0.29) is 56.3 Å². The van der Waals surface area contributed by atoms with Crippen LogP contribution < -0.4 is 19.9 Å². The maximum atomic E-state index is 14.2. The van der Waals surface area contributed by atoms with Crippen molar-refractivity contribution in [3.63, 3.8) is 0 Å². The van der Waals surface area contributed by atoms with Crippen LogP contribution in [0.1, 0.15) is 46.4 Å². The molecule has 3 heterocycles. The summed E-state index contributed by atoms with van der Waals surface area (Å²) in [6.45, 7) is 1.47. The van der Waals surface area contributed by atoms with Crippen LogP contribution in [0.5, 0.6) is 11.5 Å². The highest BCUT2D eigenvalue weighted by atomic mass is 35.5. The minimum Gasteiger partial charge on any atom is -0.495 e. The van der Waals surface area contributed by atoms with Gasteiger partial charge in [0, 0.05) is 37.1 Å². The average Bonchev–Trinajstić information content (AvgIpc) is 3.76. The van der Waals surface area contributed by atoms with Crippen molar-refractivity contribution in [3.8, 4) is 11.5 Å². The molecule has 2 aromatic carbocycles. The third kappa shape index (κ3) is 6.05. The lowest BCUT2D eigenvalue weighted by Crippen LogP contribution is -2.50. The molecule has 9 nitrogen and oxygen atoms in total. The molecule has 1 saturated heterocycles. The van der Waals surface area contributed by atoms with Gasteiger partial charge < -0.3 is 24.3 Å². The van der Waals surface area contributed by atoms with E-state index in [1.807, 2.05) is 11.0 Å². The van der Waals surface area contributed by atoms with E-state index in [2.05, 4.69) is 4.98 Å². The molecule has 45 heavy (non-hydrogen) atoms. The number of aromatic nitrogens is 1. The van der Waals surface area contributed by atoms with E-state index in [0.717, 1.165) is 48.2 Å². The number of nitrogens with zero attached hydrogens (tertiary/aromatic N) is 3. The second-order valence-corrected chi connectivity index (χ2v) is 13.2. The number of anilines is 1. The number of halogens is 5. The summed E-state index contributed by atoms with van der Waals surface area (Å²) in [6, 6.07) is 7.78. The monoisotopic (exact) mass is 698 g/mol. The number of nitrogens with one attached hydrogen (secondary N) is 1. The third-order valence-electron chi connectivity index (χ3n) is 8.01. The van der Waals surface area contributed by atoms with Crippen molar-refractivity contribution in [2.24, 2.45) is 0 Å². The lowest BCUT2D eigenvalue weighted by Gasteiger charge is -2.36. The normalized spacial score (nSPS) is 16.7. The second kappa shape index (κ2) is 12.2. The molecule has 2 fully saturated rings. The first-order valence-electron chi connectivity index (χ1n) is 14.0. The smallest absolute Gasteiger partial charge is 0.362 e. The van der Waals surface area contributed by atoms with Crippen LogP contribution in [0.4, 0.5) is 19.3 Å². The van der Waals surface area contributed by atoms with E-state index in [0.29, 0.717) is 24.5 Å². The number of carbonyl (C=O) groups is 2. The topological polar surface area (TPSA) is 95.2 Å². The van der Waals surface area contributed by atoms with Crippen molar-refractivity contribution in [2.45, 2.75) is 53.6 Å². The van der Waals surface area contributed by atoms with Crippen molar-refractivity contribution < 1.29 is 27.8 Å². The molecule has 0 bridgehead atoms. The first-order chi connectivity index (χ1) is 21.4. The lowest BCUT2D eigenvalue weighted by molar-refractivity contribution is 0.0740. The first-order valence-corrected chi connectivity index (χ1v) is 16.0. The molecule has 2 aliphatic heterocycles. The summed E-state index contributed by atoms with van der Waals surface area (Å²) in [6.07, 6.45) is 2.81. The number of hydrogen-bond acceptors (Lipinski definition) is 6. The summed E-state index contributed by atoms with van der Waals surface area (Å²) in [7, 11) is 2.91. The number of methoxy groups -OCH3 is 2. The van der Waals surface area contributed by atoms with Gasteiger partial charge in [-0.1, -0.05) is 35.0 Å². The van der Waals surface area contributed by atoms with Crippen LogP contribution in [0.25, 0.3) is 0 Å². The molecule has 0 spiro atoms. The zero-order valence-electron chi connectivity index (χ0n) is 24.1. The zero-order chi connectivity index (χ0) is 32.2. The molecule has 0 atom stereocenters. The minimum absolute atomic E-state index is 0.0767. The fourth-order valence-corrected chi connectivity index (χ4v) is 7.45. The highest BCUT2D eigenvalue weighted by molar-refractivity contribution is 7.99. The van der Waals surface area contributed by atoms with Gasteiger partial charge in [0.15, 0.2) is 0 Å². The standard InChI is InChI=1S/C30H27Cl3F2N4O5S/c1-43-20-7-6-18(31)26(25(20)32)45-22-12-23(30(33,34)35)36-27(40)24(22)28(41)37-13-15-10-19(21(44-2)11-16(15)14-37)39-9-3-8-38(29(39)42)17-4-5-17/h6-7,10-12,17H,3-5,8-9,13-14H2,1-2H3,(H,36,40). The lowest BCUT2D eigenvalue weighted by atomic mass is 10.1. The third-order valence-corrected chi connectivity index (χ3v) is 10.3. The Morgan fingerprint density at radius 3 is 2.36 bits per heavy atom. The highest BCUT2D eigenvalue weighted by Gasteiger charge is 2.39. The molecule has 0 radical (unpaired) electrons. The number of ether oxygens (including phenoxy) is 2. The second-order valence-electron chi connectivity index (χ2n) is 10.9. The van der Waals surface area contributed by atoms with Crippen molar-refractivity contribution in [1.29, 1.82) is 0 Å². The number of pyridine rings is 1. The Kier molecular flexibility index (Phi) is 8.62. The summed E-state index contributed by atoms with van der Waals surface area (Å²) in [5.41, 5.74) is -0.195. The van der Waals surface area contributed by atoms with Gasteiger partial charge in [0.05, 0.1) is 34.8 Å². The minimum atomic E-state index is -3.92. The van der Waals surface area contributed by atoms with Gasteiger partial charge in [-0.3, -0.25) is 14.5 Å². The maximum absolute atomic E-state index is 14.2. The Bertz CT molecular complexity index is 1760. The number of hydrogen-bond donors (Lipinski definition) is 1. The van der Waals surface area contributed by atoms with Gasteiger partial charge in [-0.25, -0.2) is 4.79 Å². The summed E-state index contributed by atoms with van der Waals surface area (Å²) >= 11 is 18.9. The molecule has 3 aromatic rings. The molecule has 1 aliphatic carbocycles. The van der Waals surface area contributed by atoms with E-state index in [9.17, 15) is 23.2 Å². The molecule has 1 aromatic heterocycles. The summed E-state index contributed by atoms with van der Waals surface area (Å²) < 4.78 is 39.3. The van der Waals surface area contributed by atoms with E-state index in [1.165, 1.54) is 31.3 Å². The number of amides is 3. The van der Waals surface area contributed by atoms with Crippen LogP contribution in [0.15, 0.2) is 44.9 Å². The van der Waals surface area contributed by atoms with Gasteiger partial charge in [0.2, 0.25) is 0 Å². The largest absolute Gasteiger partial charge is 0.495 e. The van der Waals surface area contributed by atoms with Crippen molar-refractivity contribution in [1.82, 2.24) is 14.8 Å². The Balaban J connectivity index is 1.35. The molecule has 0 unspecified atom stereocenters. The molecule has 3 aliphatic rings. The van der Waals surface area contributed by atoms with Crippen LogP contribution in [0, 0.1) is 0 Å². The molecule has 1 N–H and O–H groups in total. The number of H-pyrrole nitrogens is 1. The molecule has 15 heteroatoms. The average molecular weight is 700 g/mol. The van der Waals surface area contributed by atoms with Gasteiger partial charge in [-0.2, -0.15) is 8.78 Å². The van der Waals surface area contributed by atoms with Crippen molar-refractivity contribution in [2.75, 3.05) is 32.2 Å². The van der Waals surface area contributed by atoms with Gasteiger partial charge in [0.1, 0.15) is 22.8 Å². The number of alkyl halides is 3. The molecule has 238 valence electrons. The van der Waals surface area contributed by atoms with Gasteiger partial charge in [-0.05, 0) is 72.3 Å². The number of carbonyl (C=O) groups excluding carboxylic acids is 2. The van der Waals surface area contributed by atoms with Gasteiger partial charge >= 0.3 is 11.4 Å². The number of urea groups is 1. The molecular formula is C30H27Cl3F2N4O5S. The van der Waals surface area contributed by atoms with E-state index >= 15 is 0 Å². The number of rotatable bonds is 8. The Morgan fingerprint density at radius 1 is 1.02 bits per heavy atom. The number of benzene rings is 2. The quantitative estimate of drug-likeness (QED) is 0.253. The maximum Gasteiger partial charge on any atom is 0.362 e. The number of aromatic amines is 1. The van der Waals surface area contributed by atoms with Gasteiger partial charge in [-0.15, -0.1) is 0 Å². The highest BCUT2D eigenvalue weighted by Crippen LogP contribution is 2.45. The molecule has 1 saturated carbocycles. The predicted octanol–water partition coefficient (Wildman–Crippen LogP) is 7.09. The van der Waals surface area contributed by atoms with Crippen LogP contribution in [0.2, 0.25) is 10.0 Å². The zero-order valence-corrected chi connectivity index (χ0v) is 27.2. The summed E-state index contributed by atoms with van der Waals surface area (Å²) in [5.74, 6) is 0.0412. The van der Waals surface area contributed by atoms with Crippen LogP contribution in [-0.2, 0) is 18.5 Å². The number of fused-ring (bicyclic) bond motifs is 1. The Morgan fingerprint density at radius 2 is 1.71 bits per heavy atom.